The van der Waals surface area contributed by atoms with E-state index in [0.29, 0.717) is 31.4 Å². The van der Waals surface area contributed by atoms with Crippen molar-refractivity contribution in [3.63, 3.8) is 0 Å². The topological polar surface area (TPSA) is 99.3 Å². The van der Waals surface area contributed by atoms with E-state index in [-0.39, 0.29) is 18.7 Å². The molecule has 152 valence electrons. The number of amides is 1. The van der Waals surface area contributed by atoms with Gasteiger partial charge in [0.05, 0.1) is 12.8 Å². The zero-order valence-electron chi connectivity index (χ0n) is 16.7. The predicted octanol–water partition coefficient (Wildman–Crippen LogP) is 2.27. The Morgan fingerprint density at radius 2 is 2.30 bits per heavy atom. The Balaban J connectivity index is 1.92. The molecule has 1 amide bonds. The number of aliphatic hydroxyl groups is 1. The molecule has 1 aliphatic heterocycles. The molecule has 1 fully saturated rings. The first-order valence-electron chi connectivity index (χ1n) is 9.52. The normalized spacial score (nSPS) is 19.5. The van der Waals surface area contributed by atoms with E-state index in [1.807, 2.05) is 27.7 Å². The van der Waals surface area contributed by atoms with Crippen LogP contribution in [0.15, 0.2) is 27.8 Å². The van der Waals surface area contributed by atoms with Gasteiger partial charge in [-0.2, -0.15) is 0 Å². The molecular weight excluding hydrogens is 348 g/mol. The first-order chi connectivity index (χ1) is 12.8. The highest BCUT2D eigenvalue weighted by Crippen LogP contribution is 2.16. The number of furan rings is 1. The second-order valence-electron chi connectivity index (χ2n) is 7.66. The lowest BCUT2D eigenvalue weighted by Gasteiger charge is -2.35. The Morgan fingerprint density at radius 1 is 1.52 bits per heavy atom. The van der Waals surface area contributed by atoms with E-state index in [4.69, 9.17) is 9.15 Å². The molecule has 2 atom stereocenters. The number of aliphatic imine (C=N–C) groups is 1. The summed E-state index contributed by atoms with van der Waals surface area (Å²) < 4.78 is 10.7. The molecule has 2 unspecified atom stereocenters. The van der Waals surface area contributed by atoms with Crippen molar-refractivity contribution in [1.29, 1.82) is 0 Å². The van der Waals surface area contributed by atoms with E-state index in [2.05, 4.69) is 15.6 Å². The van der Waals surface area contributed by atoms with Crippen molar-refractivity contribution in [2.45, 2.75) is 58.3 Å². The minimum absolute atomic E-state index is 0.0739. The minimum atomic E-state index is -0.792. The van der Waals surface area contributed by atoms with Gasteiger partial charge in [0.1, 0.15) is 17.5 Å². The Morgan fingerprint density at radius 3 is 2.93 bits per heavy atom. The van der Waals surface area contributed by atoms with Crippen molar-refractivity contribution in [2.75, 3.05) is 26.2 Å². The Hall–Kier alpha value is -2.22. The number of hydrogen-bond acceptors (Lipinski definition) is 5. The molecule has 1 saturated heterocycles. The highest BCUT2D eigenvalue weighted by molar-refractivity contribution is 5.80. The van der Waals surface area contributed by atoms with E-state index < -0.39 is 11.7 Å². The third kappa shape index (κ3) is 7.13. The Bertz CT molecular complexity index is 610. The number of ether oxygens (including phenoxy) is 1. The van der Waals surface area contributed by atoms with Gasteiger partial charge in [-0.3, -0.25) is 4.99 Å². The highest BCUT2D eigenvalue weighted by atomic mass is 16.6. The van der Waals surface area contributed by atoms with Crippen LogP contribution in [0, 0.1) is 0 Å². The molecule has 8 nitrogen and oxygen atoms in total. The summed E-state index contributed by atoms with van der Waals surface area (Å²) in [6.45, 7) is 9.71. The van der Waals surface area contributed by atoms with Crippen LogP contribution in [-0.4, -0.2) is 59.9 Å². The van der Waals surface area contributed by atoms with Gasteiger partial charge in [-0.25, -0.2) is 4.79 Å². The molecule has 0 spiro atoms. The van der Waals surface area contributed by atoms with Gasteiger partial charge in [0.2, 0.25) is 0 Å². The Kier molecular flexibility index (Phi) is 7.53. The number of likely N-dealkylation sites (tertiary alicyclic amines) is 1. The van der Waals surface area contributed by atoms with Gasteiger partial charge in [0.25, 0.3) is 0 Å². The zero-order valence-corrected chi connectivity index (χ0v) is 16.7. The largest absolute Gasteiger partial charge is 0.467 e. The van der Waals surface area contributed by atoms with Crippen LogP contribution in [0.4, 0.5) is 4.79 Å². The molecule has 1 aromatic rings. The fourth-order valence-electron chi connectivity index (χ4n) is 2.85. The first kappa shape index (κ1) is 21.1. The van der Waals surface area contributed by atoms with Crippen LogP contribution >= 0.6 is 0 Å². The number of hydrogen-bond donors (Lipinski definition) is 3. The molecule has 0 radical (unpaired) electrons. The summed E-state index contributed by atoms with van der Waals surface area (Å²) in [5.41, 5.74) is -0.504. The summed E-state index contributed by atoms with van der Waals surface area (Å²) >= 11 is 0. The molecule has 2 rings (SSSR count). The van der Waals surface area contributed by atoms with Crippen molar-refractivity contribution < 1.29 is 19.1 Å². The van der Waals surface area contributed by atoms with Crippen molar-refractivity contribution >= 4 is 12.1 Å². The van der Waals surface area contributed by atoms with E-state index >= 15 is 0 Å². The fourth-order valence-corrected chi connectivity index (χ4v) is 2.85. The smallest absolute Gasteiger partial charge is 0.410 e. The first-order valence-corrected chi connectivity index (χ1v) is 9.52. The number of carbonyl (C=O) groups is 1. The fraction of sp³-hybridized carbons (Fsp3) is 0.684. The predicted molar refractivity (Wildman–Crippen MR) is 104 cm³/mol. The summed E-state index contributed by atoms with van der Waals surface area (Å²) in [6, 6.07) is 3.53. The average molecular weight is 380 g/mol. The average Bonchev–Trinajstić information content (AvgIpc) is 3.13. The van der Waals surface area contributed by atoms with Crippen LogP contribution in [0.1, 0.15) is 52.4 Å². The molecule has 0 aliphatic carbocycles. The third-order valence-electron chi connectivity index (χ3n) is 4.05. The van der Waals surface area contributed by atoms with Gasteiger partial charge >= 0.3 is 6.09 Å². The number of carbonyl (C=O) groups excluding carboxylic acids is 1. The molecular formula is C19H32N4O4. The number of rotatable bonds is 5. The number of nitrogens with zero attached hydrogens (tertiary/aromatic N) is 2. The Labute approximate surface area is 161 Å². The van der Waals surface area contributed by atoms with Crippen molar-refractivity contribution in [2.24, 2.45) is 4.99 Å². The summed E-state index contributed by atoms with van der Waals surface area (Å²) in [7, 11) is 0. The van der Waals surface area contributed by atoms with Gasteiger partial charge < -0.3 is 29.8 Å². The van der Waals surface area contributed by atoms with Crippen LogP contribution in [0.2, 0.25) is 0 Å². The molecule has 0 bridgehead atoms. The summed E-state index contributed by atoms with van der Waals surface area (Å²) in [5.74, 6) is 1.10. The second-order valence-corrected chi connectivity index (χ2v) is 7.66. The van der Waals surface area contributed by atoms with E-state index in [0.717, 1.165) is 12.8 Å². The highest BCUT2D eigenvalue weighted by Gasteiger charge is 2.28. The molecule has 8 heteroatoms. The zero-order chi connectivity index (χ0) is 19.9. The van der Waals surface area contributed by atoms with Gasteiger partial charge in [0, 0.05) is 25.7 Å². The monoisotopic (exact) mass is 380 g/mol. The third-order valence-corrected chi connectivity index (χ3v) is 4.05. The quantitative estimate of drug-likeness (QED) is 0.535. The van der Waals surface area contributed by atoms with Gasteiger partial charge in [0.15, 0.2) is 5.96 Å². The van der Waals surface area contributed by atoms with Gasteiger partial charge in [-0.05, 0) is 52.7 Å². The molecule has 0 aromatic carbocycles. The van der Waals surface area contributed by atoms with Crippen LogP contribution in [0.5, 0.6) is 0 Å². The van der Waals surface area contributed by atoms with Crippen molar-refractivity contribution in [1.82, 2.24) is 15.5 Å². The van der Waals surface area contributed by atoms with E-state index in [9.17, 15) is 9.90 Å². The van der Waals surface area contributed by atoms with Crippen LogP contribution < -0.4 is 10.6 Å². The standard InChI is InChI=1S/C19H32N4O4/c1-5-20-17(21-12-15(24)16-9-7-11-26-16)22-14-8-6-10-23(13-14)18(25)27-19(2,3)4/h7,9,11,14-15,24H,5-6,8,10,12-13H2,1-4H3,(H2,20,21,22). The molecule has 0 saturated carbocycles. The molecule has 3 N–H and O–H groups in total. The summed E-state index contributed by atoms with van der Waals surface area (Å²) in [5, 5.41) is 16.7. The van der Waals surface area contributed by atoms with E-state index in [1.54, 1.807) is 17.0 Å². The summed E-state index contributed by atoms with van der Waals surface area (Å²) in [4.78, 5) is 18.5. The molecule has 2 heterocycles. The van der Waals surface area contributed by atoms with Crippen molar-refractivity contribution in [3.05, 3.63) is 24.2 Å². The van der Waals surface area contributed by atoms with Gasteiger partial charge in [-0.1, -0.05) is 0 Å². The lowest BCUT2D eigenvalue weighted by molar-refractivity contribution is 0.0193. The molecule has 1 aliphatic rings. The van der Waals surface area contributed by atoms with E-state index in [1.165, 1.54) is 6.26 Å². The second kappa shape index (κ2) is 9.64. The SMILES string of the molecule is CCNC(=NCC(O)c1ccco1)NC1CCCN(C(=O)OC(C)(C)C)C1. The minimum Gasteiger partial charge on any atom is -0.467 e. The lowest BCUT2D eigenvalue weighted by Crippen LogP contribution is -2.53. The van der Waals surface area contributed by atoms with Crippen molar-refractivity contribution in [3.8, 4) is 0 Å². The van der Waals surface area contributed by atoms with Crippen LogP contribution in [-0.2, 0) is 4.74 Å². The number of guanidine groups is 1. The lowest BCUT2D eigenvalue weighted by atomic mass is 10.1. The molecule has 1 aromatic heterocycles. The van der Waals surface area contributed by atoms with Crippen LogP contribution in [0.25, 0.3) is 0 Å². The summed E-state index contributed by atoms with van der Waals surface area (Å²) in [6.07, 6.45) is 2.28. The maximum absolute atomic E-state index is 12.3. The number of aliphatic hydroxyl groups excluding tert-OH is 1. The maximum Gasteiger partial charge on any atom is 0.410 e. The van der Waals surface area contributed by atoms with Gasteiger partial charge in [-0.15, -0.1) is 0 Å². The number of nitrogens with one attached hydrogen (secondary N) is 2. The van der Waals surface area contributed by atoms with Crippen LogP contribution in [0.3, 0.4) is 0 Å². The number of piperidine rings is 1. The maximum atomic E-state index is 12.3. The molecule has 27 heavy (non-hydrogen) atoms.